The summed E-state index contributed by atoms with van der Waals surface area (Å²) >= 11 is 0. The molecule has 1 atom stereocenters. The quantitative estimate of drug-likeness (QED) is 0.440. The molecule has 2 aromatic carbocycles. The van der Waals surface area contributed by atoms with Gasteiger partial charge < -0.3 is 29.6 Å². The van der Waals surface area contributed by atoms with Crippen molar-refractivity contribution in [1.82, 2.24) is 10.6 Å². The highest BCUT2D eigenvalue weighted by atomic mass is 19.1. The Morgan fingerprint density at radius 3 is 2.13 bits per heavy atom. The van der Waals surface area contributed by atoms with Gasteiger partial charge in [-0.25, -0.2) is 4.39 Å². The molecular weight excluding hydrogens is 401 g/mol. The molecular formula is C23H32FN3O4. The Balaban J connectivity index is 2.14. The van der Waals surface area contributed by atoms with Gasteiger partial charge >= 0.3 is 0 Å². The fourth-order valence-electron chi connectivity index (χ4n) is 3.16. The molecule has 0 saturated carbocycles. The van der Waals surface area contributed by atoms with Crippen molar-refractivity contribution in [2.45, 2.75) is 26.3 Å². The summed E-state index contributed by atoms with van der Waals surface area (Å²) in [6.45, 7) is 5.14. The summed E-state index contributed by atoms with van der Waals surface area (Å²) in [6, 6.07) is 8.41. The molecule has 2 aromatic rings. The van der Waals surface area contributed by atoms with Crippen LogP contribution in [0.2, 0.25) is 0 Å². The van der Waals surface area contributed by atoms with E-state index in [1.165, 1.54) is 13.2 Å². The molecule has 0 radical (unpaired) electrons. The van der Waals surface area contributed by atoms with Crippen molar-refractivity contribution >= 4 is 5.96 Å². The monoisotopic (exact) mass is 433 g/mol. The second-order valence-electron chi connectivity index (χ2n) is 6.78. The van der Waals surface area contributed by atoms with Gasteiger partial charge in [-0.2, -0.15) is 0 Å². The maximum atomic E-state index is 14.1. The van der Waals surface area contributed by atoms with Crippen molar-refractivity contribution in [3.63, 3.8) is 0 Å². The zero-order chi connectivity index (χ0) is 22.8. The molecule has 2 N–H and O–H groups in total. The van der Waals surface area contributed by atoms with E-state index in [1.54, 1.807) is 27.4 Å². The van der Waals surface area contributed by atoms with Gasteiger partial charge in [-0.1, -0.05) is 6.07 Å². The molecule has 0 amide bonds. The van der Waals surface area contributed by atoms with Gasteiger partial charge in [0.1, 0.15) is 17.2 Å². The van der Waals surface area contributed by atoms with Crippen LogP contribution in [0.4, 0.5) is 4.39 Å². The van der Waals surface area contributed by atoms with Crippen molar-refractivity contribution in [2.24, 2.45) is 4.99 Å². The lowest BCUT2D eigenvalue weighted by Gasteiger charge is -2.19. The molecule has 0 aliphatic rings. The van der Waals surface area contributed by atoms with E-state index in [0.29, 0.717) is 42.7 Å². The fourth-order valence-corrected chi connectivity index (χ4v) is 3.16. The molecule has 31 heavy (non-hydrogen) atoms. The summed E-state index contributed by atoms with van der Waals surface area (Å²) < 4.78 is 35.3. The van der Waals surface area contributed by atoms with Crippen molar-refractivity contribution in [3.8, 4) is 23.0 Å². The highest BCUT2D eigenvalue weighted by molar-refractivity contribution is 5.80. The first-order valence-electron chi connectivity index (χ1n) is 10.1. The lowest BCUT2D eigenvalue weighted by Crippen LogP contribution is -2.38. The normalized spacial score (nSPS) is 12.2. The third-order valence-corrected chi connectivity index (χ3v) is 4.82. The first-order chi connectivity index (χ1) is 15.0. The summed E-state index contributed by atoms with van der Waals surface area (Å²) in [5.41, 5.74) is 1.71. The fraction of sp³-hybridized carbons (Fsp3) is 0.435. The largest absolute Gasteiger partial charge is 0.496 e. The maximum Gasteiger partial charge on any atom is 0.191 e. The van der Waals surface area contributed by atoms with Crippen LogP contribution in [0.25, 0.3) is 0 Å². The summed E-state index contributed by atoms with van der Waals surface area (Å²) in [5.74, 6) is 2.50. The Morgan fingerprint density at radius 2 is 1.61 bits per heavy atom. The third kappa shape index (κ3) is 6.41. The van der Waals surface area contributed by atoms with Crippen LogP contribution in [0.5, 0.6) is 23.0 Å². The number of aliphatic imine (C=N–C) groups is 1. The van der Waals surface area contributed by atoms with Gasteiger partial charge in [0.2, 0.25) is 0 Å². The second-order valence-corrected chi connectivity index (χ2v) is 6.78. The molecule has 0 aromatic heterocycles. The van der Waals surface area contributed by atoms with Gasteiger partial charge in [-0.3, -0.25) is 4.99 Å². The first kappa shape index (κ1) is 24.1. The van der Waals surface area contributed by atoms with Crippen molar-refractivity contribution in [3.05, 3.63) is 47.3 Å². The smallest absolute Gasteiger partial charge is 0.191 e. The van der Waals surface area contributed by atoms with Gasteiger partial charge in [-0.15, -0.1) is 0 Å². The minimum atomic E-state index is -0.394. The van der Waals surface area contributed by atoms with Crippen LogP contribution in [-0.4, -0.2) is 47.5 Å². The lowest BCUT2D eigenvalue weighted by atomic mass is 10.1. The SMILES string of the molecule is CCNC(=NCCc1c(OC)cc(OC)cc1OC)NC(C)c1ccc(OC)c(F)c1. The van der Waals surface area contributed by atoms with Crippen molar-refractivity contribution in [2.75, 3.05) is 41.5 Å². The number of hydrogen-bond acceptors (Lipinski definition) is 5. The topological polar surface area (TPSA) is 73.3 Å². The van der Waals surface area contributed by atoms with E-state index >= 15 is 0 Å². The molecule has 0 saturated heterocycles. The highest BCUT2D eigenvalue weighted by Gasteiger charge is 2.14. The highest BCUT2D eigenvalue weighted by Crippen LogP contribution is 2.34. The number of nitrogens with zero attached hydrogens (tertiary/aromatic N) is 1. The number of nitrogens with one attached hydrogen (secondary N) is 2. The predicted octanol–water partition coefficient (Wildman–Crippen LogP) is 3.72. The number of methoxy groups -OCH3 is 4. The van der Waals surface area contributed by atoms with E-state index in [0.717, 1.165) is 11.1 Å². The third-order valence-electron chi connectivity index (χ3n) is 4.82. The lowest BCUT2D eigenvalue weighted by molar-refractivity contribution is 0.369. The van der Waals surface area contributed by atoms with Crippen LogP contribution < -0.4 is 29.6 Å². The first-order valence-corrected chi connectivity index (χ1v) is 10.1. The zero-order valence-electron chi connectivity index (χ0n) is 19.0. The maximum absolute atomic E-state index is 14.1. The zero-order valence-corrected chi connectivity index (χ0v) is 19.0. The molecule has 0 aliphatic heterocycles. The van der Waals surface area contributed by atoms with E-state index in [1.807, 2.05) is 32.0 Å². The van der Waals surface area contributed by atoms with Crippen LogP contribution in [-0.2, 0) is 6.42 Å². The van der Waals surface area contributed by atoms with Crippen molar-refractivity contribution < 1.29 is 23.3 Å². The molecule has 8 heteroatoms. The number of ether oxygens (including phenoxy) is 4. The second kappa shape index (κ2) is 11.9. The van der Waals surface area contributed by atoms with E-state index in [2.05, 4.69) is 15.6 Å². The molecule has 0 bridgehead atoms. The minimum Gasteiger partial charge on any atom is -0.496 e. The molecule has 2 rings (SSSR count). The number of guanidine groups is 1. The molecule has 7 nitrogen and oxygen atoms in total. The van der Waals surface area contributed by atoms with Crippen LogP contribution in [0.15, 0.2) is 35.3 Å². The average molecular weight is 434 g/mol. The molecule has 0 heterocycles. The number of rotatable bonds is 10. The molecule has 0 aliphatic carbocycles. The summed E-state index contributed by atoms with van der Waals surface area (Å²) in [6.07, 6.45) is 0.610. The van der Waals surface area contributed by atoms with Gasteiger partial charge in [0.25, 0.3) is 0 Å². The molecule has 170 valence electrons. The molecule has 0 spiro atoms. The molecule has 1 unspecified atom stereocenters. The standard InChI is InChI=1S/C23H32FN3O4/c1-7-25-23(27-15(2)16-8-9-20(29-4)19(24)12-16)26-11-10-18-21(30-5)13-17(28-3)14-22(18)31-6/h8-9,12-15H,7,10-11H2,1-6H3,(H2,25,26,27). The Bertz CT molecular complexity index is 864. The van der Waals surface area contributed by atoms with Crippen LogP contribution in [0.1, 0.15) is 31.0 Å². The van der Waals surface area contributed by atoms with Crippen molar-refractivity contribution in [1.29, 1.82) is 0 Å². The summed E-state index contributed by atoms with van der Waals surface area (Å²) in [4.78, 5) is 4.66. The van der Waals surface area contributed by atoms with Gasteiger partial charge in [0.15, 0.2) is 17.5 Å². The Kier molecular flexibility index (Phi) is 9.24. The van der Waals surface area contributed by atoms with Gasteiger partial charge in [0.05, 0.1) is 34.5 Å². The van der Waals surface area contributed by atoms with E-state index in [-0.39, 0.29) is 11.8 Å². The van der Waals surface area contributed by atoms with Crippen LogP contribution in [0, 0.1) is 5.82 Å². The van der Waals surface area contributed by atoms with E-state index in [9.17, 15) is 4.39 Å². The Labute approximate surface area is 183 Å². The Hall–Kier alpha value is -3.16. The number of halogens is 1. The van der Waals surface area contributed by atoms with Gasteiger partial charge in [-0.05, 0) is 38.0 Å². The summed E-state index contributed by atoms with van der Waals surface area (Å²) in [5, 5.41) is 6.53. The average Bonchev–Trinajstić information content (AvgIpc) is 2.78. The van der Waals surface area contributed by atoms with E-state index in [4.69, 9.17) is 18.9 Å². The minimum absolute atomic E-state index is 0.150. The van der Waals surface area contributed by atoms with E-state index < -0.39 is 5.82 Å². The molecule has 0 fully saturated rings. The van der Waals surface area contributed by atoms with Crippen LogP contribution >= 0.6 is 0 Å². The number of hydrogen-bond donors (Lipinski definition) is 2. The predicted molar refractivity (Wildman–Crippen MR) is 120 cm³/mol. The summed E-state index contributed by atoms with van der Waals surface area (Å²) in [7, 11) is 6.27. The number of benzene rings is 2. The van der Waals surface area contributed by atoms with Crippen LogP contribution in [0.3, 0.4) is 0 Å². The Morgan fingerprint density at radius 1 is 0.968 bits per heavy atom. The van der Waals surface area contributed by atoms with Gasteiger partial charge in [0, 0.05) is 30.8 Å².